The lowest BCUT2D eigenvalue weighted by Gasteiger charge is -2.26. The fraction of sp³-hybridized carbons (Fsp3) is 0.500. The molecular weight excluding hydrogens is 330 g/mol. The smallest absolute Gasteiger partial charge is 0.277 e. The third kappa shape index (κ3) is 4.75. The third-order valence-corrected chi connectivity index (χ3v) is 4.23. The van der Waals surface area contributed by atoms with Crippen LogP contribution in [0.3, 0.4) is 0 Å². The maximum atomic E-state index is 12.3. The van der Waals surface area contributed by atoms with Crippen molar-refractivity contribution >= 4 is 29.2 Å². The molecule has 1 heterocycles. The van der Waals surface area contributed by atoms with Crippen molar-refractivity contribution in [3.63, 3.8) is 0 Å². The molecule has 0 bridgehead atoms. The predicted octanol–water partition coefficient (Wildman–Crippen LogP) is 1.24. The predicted molar refractivity (Wildman–Crippen MR) is 96.2 cm³/mol. The maximum Gasteiger partial charge on any atom is 0.277 e. The molecule has 0 aliphatic rings. The Bertz CT molecular complexity index is 743. The second kappa shape index (κ2) is 8.75. The molecule has 0 atom stereocenters. The van der Waals surface area contributed by atoms with Crippen molar-refractivity contribution < 1.29 is 4.79 Å². The first-order chi connectivity index (χ1) is 11.0. The minimum Gasteiger partial charge on any atom is -0.354 e. The lowest BCUT2D eigenvalue weighted by molar-refractivity contribution is -0.121. The van der Waals surface area contributed by atoms with E-state index in [1.54, 1.807) is 24.3 Å². The van der Waals surface area contributed by atoms with Crippen molar-refractivity contribution in [2.75, 3.05) is 6.54 Å². The molecule has 8 heteroatoms. The molecule has 0 aliphatic carbocycles. The number of fused-ring (bicyclic) bond motifs is 1. The van der Waals surface area contributed by atoms with Gasteiger partial charge in [0.25, 0.3) is 5.56 Å². The molecule has 2 rings (SSSR count). The van der Waals surface area contributed by atoms with Crippen LogP contribution in [0.1, 0.15) is 33.1 Å². The maximum absolute atomic E-state index is 12.3. The van der Waals surface area contributed by atoms with E-state index >= 15 is 0 Å². The van der Waals surface area contributed by atoms with E-state index in [0.29, 0.717) is 17.4 Å². The van der Waals surface area contributed by atoms with E-state index in [4.69, 9.17) is 5.73 Å². The Morgan fingerprint density at radius 3 is 2.62 bits per heavy atom. The van der Waals surface area contributed by atoms with Crippen molar-refractivity contribution in [1.82, 2.24) is 20.3 Å². The molecule has 0 saturated heterocycles. The van der Waals surface area contributed by atoms with Crippen molar-refractivity contribution in [2.24, 2.45) is 5.73 Å². The number of carbonyl (C=O) groups is 1. The molecule has 3 N–H and O–H groups in total. The summed E-state index contributed by atoms with van der Waals surface area (Å²) in [7, 11) is 0. The summed E-state index contributed by atoms with van der Waals surface area (Å²) < 4.78 is 1.22. The van der Waals surface area contributed by atoms with E-state index < -0.39 is 0 Å². The van der Waals surface area contributed by atoms with E-state index in [-0.39, 0.29) is 42.4 Å². The van der Waals surface area contributed by atoms with Gasteiger partial charge in [0, 0.05) is 18.5 Å². The van der Waals surface area contributed by atoms with E-state index in [1.165, 1.54) is 4.68 Å². The molecule has 1 aromatic carbocycles. The first-order valence-corrected chi connectivity index (χ1v) is 7.87. The Morgan fingerprint density at radius 1 is 1.29 bits per heavy atom. The van der Waals surface area contributed by atoms with Crippen LogP contribution in [-0.2, 0) is 11.3 Å². The number of amides is 1. The van der Waals surface area contributed by atoms with Crippen LogP contribution in [0.25, 0.3) is 10.9 Å². The molecule has 0 spiro atoms. The average molecular weight is 354 g/mol. The number of aryl methyl sites for hydroxylation is 1. The molecule has 0 saturated carbocycles. The largest absolute Gasteiger partial charge is 0.354 e. The van der Waals surface area contributed by atoms with Gasteiger partial charge in [0.2, 0.25) is 5.91 Å². The Hall–Kier alpha value is -1.99. The van der Waals surface area contributed by atoms with Gasteiger partial charge in [0.05, 0.1) is 11.9 Å². The third-order valence-electron chi connectivity index (χ3n) is 4.23. The highest BCUT2D eigenvalue weighted by atomic mass is 35.5. The summed E-state index contributed by atoms with van der Waals surface area (Å²) >= 11 is 0. The van der Waals surface area contributed by atoms with Gasteiger partial charge in [0.1, 0.15) is 5.52 Å². The van der Waals surface area contributed by atoms with Crippen LogP contribution in [0, 0.1) is 0 Å². The molecule has 24 heavy (non-hydrogen) atoms. The van der Waals surface area contributed by atoms with Gasteiger partial charge < -0.3 is 11.1 Å². The summed E-state index contributed by atoms with van der Waals surface area (Å²) in [5.41, 5.74) is 6.08. The van der Waals surface area contributed by atoms with E-state index in [2.05, 4.69) is 15.6 Å². The molecular formula is C16H24ClN5O2. The number of hydrogen-bond acceptors (Lipinski definition) is 5. The number of halogens is 1. The minimum atomic E-state index is -0.380. The fourth-order valence-electron chi connectivity index (χ4n) is 2.24. The van der Waals surface area contributed by atoms with Crippen molar-refractivity contribution in [3.05, 3.63) is 34.6 Å². The number of nitrogens with zero attached hydrogens (tertiary/aromatic N) is 3. The summed E-state index contributed by atoms with van der Waals surface area (Å²) in [5, 5.41) is 11.2. The molecule has 0 unspecified atom stereocenters. The molecule has 0 fully saturated rings. The minimum absolute atomic E-state index is 0. The highest BCUT2D eigenvalue weighted by Crippen LogP contribution is 2.09. The second-order valence-corrected chi connectivity index (χ2v) is 5.73. The van der Waals surface area contributed by atoms with Gasteiger partial charge in [-0.3, -0.25) is 9.59 Å². The van der Waals surface area contributed by atoms with E-state index in [1.807, 2.05) is 13.8 Å². The number of nitrogens with two attached hydrogens (primary N) is 1. The number of carbonyl (C=O) groups excluding carboxylic acids is 1. The van der Waals surface area contributed by atoms with Gasteiger partial charge >= 0.3 is 0 Å². The van der Waals surface area contributed by atoms with Gasteiger partial charge in [-0.2, -0.15) is 0 Å². The highest BCUT2D eigenvalue weighted by Gasteiger charge is 2.20. The Kier molecular flexibility index (Phi) is 7.31. The summed E-state index contributed by atoms with van der Waals surface area (Å²) in [6.45, 7) is 4.62. The molecule has 132 valence electrons. The lowest BCUT2D eigenvalue weighted by atomic mass is 9.94. The summed E-state index contributed by atoms with van der Waals surface area (Å²) in [5.74, 6) is -0.149. The summed E-state index contributed by atoms with van der Waals surface area (Å²) in [4.78, 5) is 24.2. The van der Waals surface area contributed by atoms with Crippen LogP contribution >= 0.6 is 12.4 Å². The lowest BCUT2D eigenvalue weighted by Crippen LogP contribution is -2.49. The summed E-state index contributed by atoms with van der Waals surface area (Å²) in [6.07, 6.45) is 1.75. The zero-order chi connectivity index (χ0) is 16.9. The molecule has 1 aromatic heterocycles. The SMILES string of the molecule is CCC(N)(CC)CNC(=O)CCn1nnc2ccccc2c1=O.Cl. The monoisotopic (exact) mass is 353 g/mol. The quantitative estimate of drug-likeness (QED) is 0.779. The zero-order valence-electron chi connectivity index (χ0n) is 14.0. The van der Waals surface area contributed by atoms with Crippen LogP contribution < -0.4 is 16.6 Å². The number of hydrogen-bond donors (Lipinski definition) is 2. The van der Waals surface area contributed by atoms with Crippen molar-refractivity contribution in [1.29, 1.82) is 0 Å². The van der Waals surface area contributed by atoms with Crippen LogP contribution in [0.5, 0.6) is 0 Å². The fourth-order valence-corrected chi connectivity index (χ4v) is 2.24. The molecule has 0 aliphatic heterocycles. The standard InChI is InChI=1S/C16H23N5O2.ClH/c1-3-16(17,4-2)11-18-14(22)9-10-21-15(23)12-7-5-6-8-13(12)19-20-21;/h5-8H,3-4,9-11,17H2,1-2H3,(H,18,22);1H. The average Bonchev–Trinajstić information content (AvgIpc) is 2.59. The van der Waals surface area contributed by atoms with Crippen molar-refractivity contribution in [2.45, 2.75) is 45.2 Å². The Labute approximate surface area is 147 Å². The van der Waals surface area contributed by atoms with Gasteiger partial charge in [-0.1, -0.05) is 31.2 Å². The molecule has 7 nitrogen and oxygen atoms in total. The Balaban J connectivity index is 0.00000288. The van der Waals surface area contributed by atoms with E-state index in [0.717, 1.165) is 12.8 Å². The Morgan fingerprint density at radius 2 is 1.96 bits per heavy atom. The van der Waals surface area contributed by atoms with Crippen molar-refractivity contribution in [3.8, 4) is 0 Å². The normalized spacial score (nSPS) is 11.1. The molecule has 2 aromatic rings. The highest BCUT2D eigenvalue weighted by molar-refractivity contribution is 5.85. The second-order valence-electron chi connectivity index (χ2n) is 5.73. The summed E-state index contributed by atoms with van der Waals surface area (Å²) in [6, 6.07) is 7.01. The first-order valence-electron chi connectivity index (χ1n) is 7.87. The van der Waals surface area contributed by atoms with Gasteiger partial charge in [-0.15, -0.1) is 17.5 Å². The van der Waals surface area contributed by atoms with Crippen LogP contribution in [0.2, 0.25) is 0 Å². The first kappa shape index (κ1) is 20.1. The number of nitrogens with one attached hydrogen (secondary N) is 1. The van der Waals surface area contributed by atoms with Gasteiger partial charge in [-0.05, 0) is 25.0 Å². The number of aromatic nitrogens is 3. The van der Waals surface area contributed by atoms with E-state index in [9.17, 15) is 9.59 Å². The van der Waals surface area contributed by atoms with Crippen LogP contribution in [0.15, 0.2) is 29.1 Å². The zero-order valence-corrected chi connectivity index (χ0v) is 14.8. The number of benzene rings is 1. The van der Waals surface area contributed by atoms with Gasteiger partial charge in [-0.25, -0.2) is 4.68 Å². The van der Waals surface area contributed by atoms with Crippen LogP contribution in [-0.4, -0.2) is 33.0 Å². The van der Waals surface area contributed by atoms with Crippen LogP contribution in [0.4, 0.5) is 0 Å². The van der Waals surface area contributed by atoms with Gasteiger partial charge in [0.15, 0.2) is 0 Å². The topological polar surface area (TPSA) is 103 Å². The molecule has 1 amide bonds. The molecule has 0 radical (unpaired) electrons. The number of rotatable bonds is 7.